The normalized spacial score (nSPS) is 21.0. The van der Waals surface area contributed by atoms with Crippen molar-refractivity contribution in [2.75, 3.05) is 11.5 Å². The molecule has 1 amide bonds. The lowest BCUT2D eigenvalue weighted by Gasteiger charge is -2.45. The van der Waals surface area contributed by atoms with Gasteiger partial charge in [-0.25, -0.2) is 0 Å². The van der Waals surface area contributed by atoms with E-state index in [0.29, 0.717) is 12.4 Å². The molecule has 0 spiro atoms. The second-order valence-corrected chi connectivity index (χ2v) is 4.74. The molecular formula is C17H17NO3. The van der Waals surface area contributed by atoms with Crippen LogP contribution in [0, 0.1) is 0 Å². The zero-order valence-electron chi connectivity index (χ0n) is 11.8. The van der Waals surface area contributed by atoms with Gasteiger partial charge in [0.05, 0.1) is 0 Å². The zero-order chi connectivity index (χ0) is 14.7. The average molecular weight is 283 g/mol. The number of carbonyl (C=O) groups is 1. The van der Waals surface area contributed by atoms with Crippen LogP contribution in [-0.2, 0) is 9.53 Å². The minimum absolute atomic E-state index is 0.0801. The van der Waals surface area contributed by atoms with Gasteiger partial charge in [-0.3, -0.25) is 9.69 Å². The van der Waals surface area contributed by atoms with Gasteiger partial charge in [0, 0.05) is 12.3 Å². The predicted octanol–water partition coefficient (Wildman–Crippen LogP) is 2.84. The summed E-state index contributed by atoms with van der Waals surface area (Å²) in [6, 6.07) is 18.8. The van der Waals surface area contributed by atoms with E-state index in [1.807, 2.05) is 67.6 Å². The molecule has 21 heavy (non-hydrogen) atoms. The molecule has 4 nitrogen and oxygen atoms in total. The summed E-state index contributed by atoms with van der Waals surface area (Å²) in [6.45, 7) is 2.43. The first-order valence-electron chi connectivity index (χ1n) is 7.02. The molecule has 2 atom stereocenters. The Morgan fingerprint density at radius 1 is 1.00 bits per heavy atom. The molecule has 1 heterocycles. The van der Waals surface area contributed by atoms with Crippen LogP contribution in [0.5, 0.6) is 5.75 Å². The predicted molar refractivity (Wildman–Crippen MR) is 80.2 cm³/mol. The molecular weight excluding hydrogens is 266 g/mol. The van der Waals surface area contributed by atoms with Gasteiger partial charge in [-0.1, -0.05) is 36.4 Å². The third-order valence-corrected chi connectivity index (χ3v) is 3.37. The minimum Gasteiger partial charge on any atom is -0.476 e. The molecule has 3 rings (SSSR count). The Bertz CT molecular complexity index is 600. The van der Waals surface area contributed by atoms with E-state index in [-0.39, 0.29) is 12.1 Å². The van der Waals surface area contributed by atoms with Crippen molar-refractivity contribution >= 4 is 11.6 Å². The van der Waals surface area contributed by atoms with E-state index in [1.54, 1.807) is 4.90 Å². The van der Waals surface area contributed by atoms with Crippen molar-refractivity contribution in [1.82, 2.24) is 0 Å². The van der Waals surface area contributed by atoms with E-state index in [0.717, 1.165) is 5.69 Å². The Morgan fingerprint density at radius 3 is 2.24 bits per heavy atom. The van der Waals surface area contributed by atoms with E-state index >= 15 is 0 Å². The number of β-lactam (4-membered cyclic amide) rings is 1. The van der Waals surface area contributed by atoms with Crippen LogP contribution in [-0.4, -0.2) is 24.8 Å². The van der Waals surface area contributed by atoms with Crippen LogP contribution in [0.25, 0.3) is 0 Å². The number of hydrogen-bond donors (Lipinski definition) is 0. The van der Waals surface area contributed by atoms with Crippen LogP contribution >= 0.6 is 0 Å². The summed E-state index contributed by atoms with van der Waals surface area (Å²) in [4.78, 5) is 14.0. The highest BCUT2D eigenvalue weighted by Crippen LogP contribution is 2.31. The van der Waals surface area contributed by atoms with Gasteiger partial charge >= 0.3 is 0 Å². The summed E-state index contributed by atoms with van der Waals surface area (Å²) in [7, 11) is 0. The maximum atomic E-state index is 12.4. The van der Waals surface area contributed by atoms with Crippen molar-refractivity contribution in [3.63, 3.8) is 0 Å². The maximum Gasteiger partial charge on any atom is 0.275 e. The smallest absolute Gasteiger partial charge is 0.275 e. The molecule has 1 saturated heterocycles. The Morgan fingerprint density at radius 2 is 1.62 bits per heavy atom. The van der Waals surface area contributed by atoms with Crippen LogP contribution in [0.4, 0.5) is 5.69 Å². The molecule has 0 aromatic heterocycles. The van der Waals surface area contributed by atoms with E-state index in [1.165, 1.54) is 0 Å². The topological polar surface area (TPSA) is 38.8 Å². The molecule has 0 saturated carbocycles. The van der Waals surface area contributed by atoms with E-state index in [9.17, 15) is 4.79 Å². The molecule has 1 aliphatic heterocycles. The highest BCUT2D eigenvalue weighted by molar-refractivity contribution is 6.04. The maximum absolute atomic E-state index is 12.4. The number of benzene rings is 2. The summed E-state index contributed by atoms with van der Waals surface area (Å²) in [5, 5.41) is 0. The Balaban J connectivity index is 1.78. The fourth-order valence-corrected chi connectivity index (χ4v) is 2.39. The van der Waals surface area contributed by atoms with Crippen molar-refractivity contribution in [1.29, 1.82) is 0 Å². The SMILES string of the molecule is CCO[C@H]1[C@H](Oc2ccccc2)C(=O)N1c1ccccc1. The molecule has 2 aromatic carbocycles. The van der Waals surface area contributed by atoms with Gasteiger partial charge in [-0.05, 0) is 31.2 Å². The van der Waals surface area contributed by atoms with E-state index < -0.39 is 6.10 Å². The minimum atomic E-state index is -0.590. The number of carbonyl (C=O) groups excluding carboxylic acids is 1. The molecule has 1 aliphatic rings. The summed E-state index contributed by atoms with van der Waals surface area (Å²) >= 11 is 0. The number of hydrogen-bond acceptors (Lipinski definition) is 3. The molecule has 0 aliphatic carbocycles. The van der Waals surface area contributed by atoms with Crippen LogP contribution in [0.1, 0.15) is 6.92 Å². The number of anilines is 1. The molecule has 2 aromatic rings. The van der Waals surface area contributed by atoms with Gasteiger partial charge in [-0.2, -0.15) is 0 Å². The quantitative estimate of drug-likeness (QED) is 0.792. The largest absolute Gasteiger partial charge is 0.476 e. The van der Waals surface area contributed by atoms with E-state index in [2.05, 4.69) is 0 Å². The lowest BCUT2D eigenvalue weighted by atomic mass is 10.1. The first-order chi connectivity index (χ1) is 10.3. The lowest BCUT2D eigenvalue weighted by Crippen LogP contribution is -2.68. The van der Waals surface area contributed by atoms with Crippen LogP contribution in [0.3, 0.4) is 0 Å². The third-order valence-electron chi connectivity index (χ3n) is 3.37. The molecule has 0 N–H and O–H groups in total. The number of ether oxygens (including phenoxy) is 2. The number of para-hydroxylation sites is 2. The second-order valence-electron chi connectivity index (χ2n) is 4.74. The molecule has 0 radical (unpaired) electrons. The van der Waals surface area contributed by atoms with Crippen molar-refractivity contribution in [2.45, 2.75) is 19.3 Å². The number of rotatable bonds is 5. The second kappa shape index (κ2) is 5.97. The Kier molecular flexibility index (Phi) is 3.88. The van der Waals surface area contributed by atoms with Crippen molar-refractivity contribution < 1.29 is 14.3 Å². The van der Waals surface area contributed by atoms with Crippen LogP contribution < -0.4 is 9.64 Å². The molecule has 1 fully saturated rings. The molecule has 4 heteroatoms. The summed E-state index contributed by atoms with van der Waals surface area (Å²) in [5.74, 6) is 0.594. The van der Waals surface area contributed by atoms with Crippen LogP contribution in [0.15, 0.2) is 60.7 Å². The highest BCUT2D eigenvalue weighted by Gasteiger charge is 2.51. The van der Waals surface area contributed by atoms with Gasteiger partial charge in [0.2, 0.25) is 6.10 Å². The highest BCUT2D eigenvalue weighted by atomic mass is 16.6. The van der Waals surface area contributed by atoms with Crippen molar-refractivity contribution in [3.8, 4) is 5.75 Å². The fourth-order valence-electron chi connectivity index (χ4n) is 2.39. The van der Waals surface area contributed by atoms with Crippen LogP contribution in [0.2, 0.25) is 0 Å². The lowest BCUT2D eigenvalue weighted by molar-refractivity contribution is -0.151. The Hall–Kier alpha value is -2.33. The van der Waals surface area contributed by atoms with Crippen molar-refractivity contribution in [3.05, 3.63) is 60.7 Å². The standard InChI is InChI=1S/C17H17NO3/c1-2-20-17-15(21-14-11-7-4-8-12-14)16(19)18(17)13-9-5-3-6-10-13/h3-12,15,17H,2H2,1H3/t15-,17+/m1/s1. The number of amides is 1. The van der Waals surface area contributed by atoms with Gasteiger partial charge < -0.3 is 9.47 Å². The van der Waals surface area contributed by atoms with Gasteiger partial charge in [0.15, 0.2) is 6.23 Å². The summed E-state index contributed by atoms with van der Waals surface area (Å²) < 4.78 is 11.4. The van der Waals surface area contributed by atoms with Crippen molar-refractivity contribution in [2.24, 2.45) is 0 Å². The summed E-state index contributed by atoms with van der Waals surface area (Å²) in [5.41, 5.74) is 0.828. The zero-order valence-corrected chi connectivity index (χ0v) is 11.8. The van der Waals surface area contributed by atoms with Gasteiger partial charge in [0.25, 0.3) is 5.91 Å². The fraction of sp³-hybridized carbons (Fsp3) is 0.235. The first-order valence-corrected chi connectivity index (χ1v) is 7.02. The molecule has 0 bridgehead atoms. The first kappa shape index (κ1) is 13.6. The third kappa shape index (κ3) is 2.62. The number of nitrogens with zero attached hydrogens (tertiary/aromatic N) is 1. The van der Waals surface area contributed by atoms with Gasteiger partial charge in [-0.15, -0.1) is 0 Å². The van der Waals surface area contributed by atoms with E-state index in [4.69, 9.17) is 9.47 Å². The molecule has 0 unspecified atom stereocenters. The monoisotopic (exact) mass is 283 g/mol. The average Bonchev–Trinajstić information content (AvgIpc) is 2.54. The molecule has 108 valence electrons. The summed E-state index contributed by atoms with van der Waals surface area (Å²) in [6.07, 6.45) is -0.974. The Labute approximate surface area is 123 Å². The van der Waals surface area contributed by atoms with Gasteiger partial charge in [0.1, 0.15) is 5.75 Å².